The van der Waals surface area contributed by atoms with Crippen molar-refractivity contribution in [1.82, 2.24) is 4.57 Å². The molecule has 0 aliphatic carbocycles. The van der Waals surface area contributed by atoms with Crippen molar-refractivity contribution in [2.45, 2.75) is 13.5 Å². The number of amides is 1. The number of hydrogen-bond acceptors (Lipinski definition) is 3. The van der Waals surface area contributed by atoms with Gasteiger partial charge in [0, 0.05) is 17.4 Å². The number of rotatable bonds is 4. The molecule has 0 saturated heterocycles. The van der Waals surface area contributed by atoms with Crippen molar-refractivity contribution < 1.29 is 9.53 Å². The van der Waals surface area contributed by atoms with E-state index in [2.05, 4.69) is 5.32 Å². The molecule has 1 N–H and O–H groups in total. The zero-order valence-electron chi connectivity index (χ0n) is 11.7. The van der Waals surface area contributed by atoms with E-state index in [0.29, 0.717) is 22.0 Å². The van der Waals surface area contributed by atoms with Crippen LogP contribution < -0.4 is 15.6 Å². The molecule has 0 radical (unpaired) electrons. The van der Waals surface area contributed by atoms with Crippen LogP contribution in [0, 0.1) is 6.92 Å². The van der Waals surface area contributed by atoms with Gasteiger partial charge < -0.3 is 14.6 Å². The number of nitrogens with one attached hydrogen (secondary N) is 1. The highest BCUT2D eigenvalue weighted by atomic mass is 35.5. The highest BCUT2D eigenvalue weighted by Gasteiger charge is 2.08. The van der Waals surface area contributed by atoms with E-state index in [-0.39, 0.29) is 18.0 Å². The average Bonchev–Trinajstić information content (AvgIpc) is 2.44. The van der Waals surface area contributed by atoms with Gasteiger partial charge >= 0.3 is 0 Å². The van der Waals surface area contributed by atoms with Crippen molar-refractivity contribution in [2.24, 2.45) is 0 Å². The molecule has 21 heavy (non-hydrogen) atoms. The fraction of sp³-hybridized carbons (Fsp3) is 0.200. The Bertz CT molecular complexity index is 725. The summed E-state index contributed by atoms with van der Waals surface area (Å²) in [6.45, 7) is 1.66. The van der Waals surface area contributed by atoms with Crippen molar-refractivity contribution in [3.63, 3.8) is 0 Å². The van der Waals surface area contributed by atoms with Crippen molar-refractivity contribution in [3.05, 3.63) is 57.5 Å². The molecular formula is C15H15ClN2O3. The van der Waals surface area contributed by atoms with E-state index in [9.17, 15) is 9.59 Å². The van der Waals surface area contributed by atoms with Crippen molar-refractivity contribution in [3.8, 4) is 5.75 Å². The number of halogens is 1. The Morgan fingerprint density at radius 3 is 2.81 bits per heavy atom. The second kappa shape index (κ2) is 6.45. The van der Waals surface area contributed by atoms with Crippen LogP contribution in [0.3, 0.4) is 0 Å². The first-order valence-corrected chi connectivity index (χ1v) is 6.68. The van der Waals surface area contributed by atoms with Crippen molar-refractivity contribution >= 4 is 23.2 Å². The number of aromatic nitrogens is 1. The van der Waals surface area contributed by atoms with E-state index < -0.39 is 0 Å². The van der Waals surface area contributed by atoms with Gasteiger partial charge in [-0.3, -0.25) is 9.59 Å². The van der Waals surface area contributed by atoms with Gasteiger partial charge in [-0.05, 0) is 31.2 Å². The topological polar surface area (TPSA) is 60.3 Å². The summed E-state index contributed by atoms with van der Waals surface area (Å²) in [7, 11) is 1.52. The number of anilines is 1. The second-order valence-electron chi connectivity index (χ2n) is 4.52. The molecule has 0 bridgehead atoms. The first kappa shape index (κ1) is 15.1. The lowest BCUT2D eigenvalue weighted by molar-refractivity contribution is -0.116. The van der Waals surface area contributed by atoms with E-state index in [0.717, 1.165) is 0 Å². The van der Waals surface area contributed by atoms with Crippen LogP contribution in [-0.2, 0) is 11.3 Å². The van der Waals surface area contributed by atoms with Gasteiger partial charge in [-0.25, -0.2) is 0 Å². The summed E-state index contributed by atoms with van der Waals surface area (Å²) in [5.41, 5.74) is 0.963. The van der Waals surface area contributed by atoms with Gasteiger partial charge in [0.1, 0.15) is 12.3 Å². The van der Waals surface area contributed by atoms with Crippen LogP contribution in [0.1, 0.15) is 5.56 Å². The smallest absolute Gasteiger partial charge is 0.253 e. The van der Waals surface area contributed by atoms with Gasteiger partial charge in [-0.2, -0.15) is 0 Å². The molecule has 2 rings (SSSR count). The molecule has 1 heterocycles. The molecule has 0 spiro atoms. The summed E-state index contributed by atoms with van der Waals surface area (Å²) >= 11 is 5.99. The Morgan fingerprint density at radius 2 is 2.14 bits per heavy atom. The number of ether oxygens (including phenoxy) is 1. The molecule has 0 atom stereocenters. The molecule has 2 aromatic rings. The maximum Gasteiger partial charge on any atom is 0.253 e. The summed E-state index contributed by atoms with van der Waals surface area (Å²) < 4.78 is 6.40. The highest BCUT2D eigenvalue weighted by Crippen LogP contribution is 2.27. The van der Waals surface area contributed by atoms with Crippen LogP contribution in [0.4, 0.5) is 5.69 Å². The van der Waals surface area contributed by atoms with Crippen LogP contribution in [0.2, 0.25) is 5.02 Å². The summed E-state index contributed by atoms with van der Waals surface area (Å²) in [5.74, 6) is 0.230. The number of hydrogen-bond donors (Lipinski definition) is 1. The molecule has 5 nitrogen and oxygen atoms in total. The molecule has 0 aliphatic rings. The summed E-state index contributed by atoms with van der Waals surface area (Å²) in [6.07, 6.45) is 1.58. The molecule has 1 aromatic carbocycles. The van der Waals surface area contributed by atoms with E-state index in [1.54, 1.807) is 43.5 Å². The summed E-state index contributed by atoms with van der Waals surface area (Å²) in [6, 6.07) is 8.38. The summed E-state index contributed by atoms with van der Waals surface area (Å²) in [4.78, 5) is 23.8. The van der Waals surface area contributed by atoms with Crippen LogP contribution in [-0.4, -0.2) is 17.6 Å². The quantitative estimate of drug-likeness (QED) is 0.944. The van der Waals surface area contributed by atoms with Crippen LogP contribution >= 0.6 is 11.6 Å². The average molecular weight is 307 g/mol. The number of carbonyl (C=O) groups is 1. The van der Waals surface area contributed by atoms with Crippen molar-refractivity contribution in [1.29, 1.82) is 0 Å². The monoisotopic (exact) mass is 306 g/mol. The predicted octanol–water partition coefficient (Wildman–Crippen LogP) is 2.46. The molecular weight excluding hydrogens is 292 g/mol. The van der Waals surface area contributed by atoms with Gasteiger partial charge in [0.2, 0.25) is 5.91 Å². The number of methoxy groups -OCH3 is 1. The van der Waals surface area contributed by atoms with E-state index in [1.165, 1.54) is 11.7 Å². The van der Waals surface area contributed by atoms with E-state index in [4.69, 9.17) is 16.3 Å². The minimum absolute atomic E-state index is 0.0514. The fourth-order valence-corrected chi connectivity index (χ4v) is 2.14. The van der Waals surface area contributed by atoms with Gasteiger partial charge in [0.05, 0.1) is 12.1 Å². The van der Waals surface area contributed by atoms with Crippen LogP contribution in [0.15, 0.2) is 41.3 Å². The lowest BCUT2D eigenvalue weighted by Gasteiger charge is -2.09. The molecule has 6 heteroatoms. The zero-order chi connectivity index (χ0) is 15.4. The third-order valence-electron chi connectivity index (χ3n) is 2.96. The Hall–Kier alpha value is -2.27. The normalized spacial score (nSPS) is 10.2. The number of benzene rings is 1. The first-order valence-electron chi connectivity index (χ1n) is 6.30. The summed E-state index contributed by atoms with van der Waals surface area (Å²) in [5, 5.41) is 3.10. The lowest BCUT2D eigenvalue weighted by atomic mass is 10.3. The molecule has 1 amide bonds. The molecule has 0 unspecified atom stereocenters. The predicted molar refractivity (Wildman–Crippen MR) is 82.1 cm³/mol. The Labute approximate surface area is 127 Å². The molecule has 0 saturated carbocycles. The van der Waals surface area contributed by atoms with Crippen LogP contribution in [0.25, 0.3) is 0 Å². The van der Waals surface area contributed by atoms with E-state index >= 15 is 0 Å². The Morgan fingerprint density at radius 1 is 1.38 bits per heavy atom. The minimum Gasteiger partial charge on any atom is -0.495 e. The highest BCUT2D eigenvalue weighted by molar-refractivity contribution is 6.32. The fourth-order valence-electron chi connectivity index (χ4n) is 1.88. The maximum absolute atomic E-state index is 12.0. The standard InChI is InChI=1S/C15H15ClN2O3/c1-10-4-3-7-18(15(10)20)9-14(19)17-11-5-6-13(21-2)12(16)8-11/h3-8H,9H2,1-2H3,(H,17,19). The Balaban J connectivity index is 2.10. The molecule has 0 aliphatic heterocycles. The molecule has 1 aromatic heterocycles. The number of aryl methyl sites for hydroxylation is 1. The lowest BCUT2D eigenvalue weighted by Crippen LogP contribution is -2.28. The molecule has 110 valence electrons. The van der Waals surface area contributed by atoms with E-state index in [1.807, 2.05) is 0 Å². The Kier molecular flexibility index (Phi) is 4.65. The number of pyridine rings is 1. The first-order chi connectivity index (χ1) is 10.0. The van der Waals surface area contributed by atoms with Gasteiger partial charge in [-0.15, -0.1) is 0 Å². The van der Waals surface area contributed by atoms with Gasteiger partial charge in [0.15, 0.2) is 0 Å². The van der Waals surface area contributed by atoms with Crippen molar-refractivity contribution in [2.75, 3.05) is 12.4 Å². The minimum atomic E-state index is -0.302. The van der Waals surface area contributed by atoms with Crippen LogP contribution in [0.5, 0.6) is 5.75 Å². The largest absolute Gasteiger partial charge is 0.495 e. The third-order valence-corrected chi connectivity index (χ3v) is 3.26. The third kappa shape index (κ3) is 3.64. The number of carbonyl (C=O) groups excluding carboxylic acids is 1. The molecule has 0 fully saturated rings. The maximum atomic E-state index is 12.0. The van der Waals surface area contributed by atoms with Gasteiger partial charge in [-0.1, -0.05) is 17.7 Å². The second-order valence-corrected chi connectivity index (χ2v) is 4.93. The SMILES string of the molecule is COc1ccc(NC(=O)Cn2cccc(C)c2=O)cc1Cl. The number of nitrogens with zero attached hydrogens (tertiary/aromatic N) is 1. The van der Waals surface area contributed by atoms with Gasteiger partial charge in [0.25, 0.3) is 5.56 Å². The zero-order valence-corrected chi connectivity index (χ0v) is 12.5.